The Morgan fingerprint density at radius 1 is 1.10 bits per heavy atom. The summed E-state index contributed by atoms with van der Waals surface area (Å²) in [5, 5.41) is 0.667. The summed E-state index contributed by atoms with van der Waals surface area (Å²) in [5.41, 5.74) is 2.17. The highest BCUT2D eigenvalue weighted by molar-refractivity contribution is 6.30. The SMILES string of the molecule is COc1ccc(C2CCN(C(=O)C(C)C)C[C@H]2CC(=O)Cc2ccc(Cl)cc2)cc1. The first kappa shape index (κ1) is 22.4. The van der Waals surface area contributed by atoms with Crippen LogP contribution in [0, 0.1) is 11.8 Å². The van der Waals surface area contributed by atoms with E-state index in [-0.39, 0.29) is 29.4 Å². The van der Waals surface area contributed by atoms with Gasteiger partial charge in [-0.3, -0.25) is 9.59 Å². The van der Waals surface area contributed by atoms with Gasteiger partial charge in [0, 0.05) is 36.9 Å². The Morgan fingerprint density at radius 2 is 1.77 bits per heavy atom. The number of carbonyl (C=O) groups excluding carboxylic acids is 2. The van der Waals surface area contributed by atoms with E-state index in [0.717, 1.165) is 24.3 Å². The van der Waals surface area contributed by atoms with E-state index < -0.39 is 0 Å². The van der Waals surface area contributed by atoms with E-state index in [4.69, 9.17) is 16.3 Å². The number of ketones is 1. The average Bonchev–Trinajstić information content (AvgIpc) is 2.75. The van der Waals surface area contributed by atoms with Gasteiger partial charge >= 0.3 is 0 Å². The summed E-state index contributed by atoms with van der Waals surface area (Å²) < 4.78 is 5.28. The number of hydrogen-bond donors (Lipinski definition) is 0. The van der Waals surface area contributed by atoms with Gasteiger partial charge < -0.3 is 9.64 Å². The maximum Gasteiger partial charge on any atom is 0.225 e. The Hall–Kier alpha value is -2.33. The van der Waals surface area contributed by atoms with Crippen LogP contribution in [0.3, 0.4) is 0 Å². The molecular formula is C25H30ClNO3. The van der Waals surface area contributed by atoms with E-state index >= 15 is 0 Å². The lowest BCUT2D eigenvalue weighted by molar-refractivity contribution is -0.137. The van der Waals surface area contributed by atoms with Crippen LogP contribution in [0.4, 0.5) is 0 Å². The maximum atomic E-state index is 12.9. The number of carbonyl (C=O) groups is 2. The largest absolute Gasteiger partial charge is 0.497 e. The minimum absolute atomic E-state index is 0.0343. The lowest BCUT2D eigenvalue weighted by Crippen LogP contribution is -2.45. The zero-order chi connectivity index (χ0) is 21.7. The molecule has 0 saturated carbocycles. The van der Waals surface area contributed by atoms with Crippen molar-refractivity contribution in [3.8, 4) is 5.75 Å². The van der Waals surface area contributed by atoms with E-state index in [1.807, 2.05) is 55.1 Å². The molecular weight excluding hydrogens is 398 g/mol. The smallest absolute Gasteiger partial charge is 0.225 e. The Balaban J connectivity index is 1.76. The number of Topliss-reactive ketones (excluding diaryl/α,β-unsaturated/α-hetero) is 1. The van der Waals surface area contributed by atoms with Gasteiger partial charge in [-0.15, -0.1) is 0 Å². The number of hydrogen-bond acceptors (Lipinski definition) is 3. The summed E-state index contributed by atoms with van der Waals surface area (Å²) in [4.78, 5) is 27.4. The van der Waals surface area contributed by atoms with Crippen LogP contribution in [0.5, 0.6) is 5.75 Å². The van der Waals surface area contributed by atoms with Gasteiger partial charge in [-0.05, 0) is 53.6 Å². The average molecular weight is 428 g/mol. The molecule has 30 heavy (non-hydrogen) atoms. The van der Waals surface area contributed by atoms with E-state index in [1.54, 1.807) is 7.11 Å². The third-order valence-electron chi connectivity index (χ3n) is 5.89. The summed E-state index contributed by atoms with van der Waals surface area (Å²) in [6, 6.07) is 15.5. The molecule has 0 radical (unpaired) electrons. The molecule has 2 aromatic carbocycles. The van der Waals surface area contributed by atoms with Gasteiger partial charge in [0.15, 0.2) is 0 Å². The van der Waals surface area contributed by atoms with Gasteiger partial charge in [-0.1, -0.05) is 49.7 Å². The highest BCUT2D eigenvalue weighted by atomic mass is 35.5. The molecule has 1 unspecified atom stereocenters. The fourth-order valence-corrected chi connectivity index (χ4v) is 4.41. The molecule has 0 spiro atoms. The topological polar surface area (TPSA) is 46.6 Å². The molecule has 1 fully saturated rings. The van der Waals surface area contributed by atoms with Gasteiger partial charge in [-0.25, -0.2) is 0 Å². The molecule has 0 bridgehead atoms. The zero-order valence-corrected chi connectivity index (χ0v) is 18.7. The molecule has 5 heteroatoms. The molecule has 160 valence electrons. The first-order chi connectivity index (χ1) is 14.4. The fourth-order valence-electron chi connectivity index (χ4n) is 4.29. The maximum absolute atomic E-state index is 12.9. The molecule has 4 nitrogen and oxygen atoms in total. The van der Waals surface area contributed by atoms with Crippen molar-refractivity contribution in [1.29, 1.82) is 0 Å². The molecule has 2 atom stereocenters. The van der Waals surface area contributed by atoms with Crippen LogP contribution in [0.2, 0.25) is 5.02 Å². The van der Waals surface area contributed by atoms with Crippen LogP contribution >= 0.6 is 11.6 Å². The number of ether oxygens (including phenoxy) is 1. The highest BCUT2D eigenvalue weighted by Gasteiger charge is 2.34. The molecule has 1 saturated heterocycles. The summed E-state index contributed by atoms with van der Waals surface area (Å²) >= 11 is 5.95. The Bertz CT molecular complexity index is 861. The minimum atomic E-state index is -0.0343. The lowest BCUT2D eigenvalue weighted by atomic mass is 9.77. The van der Waals surface area contributed by atoms with E-state index in [0.29, 0.717) is 24.4 Å². The van der Waals surface area contributed by atoms with Gasteiger partial charge in [0.2, 0.25) is 5.91 Å². The minimum Gasteiger partial charge on any atom is -0.497 e. The molecule has 2 aromatic rings. The molecule has 1 amide bonds. The number of piperidine rings is 1. The summed E-state index contributed by atoms with van der Waals surface area (Å²) in [6.07, 6.45) is 1.71. The number of likely N-dealkylation sites (tertiary alicyclic amines) is 1. The number of halogens is 1. The van der Waals surface area contributed by atoms with Crippen LogP contribution in [0.1, 0.15) is 43.7 Å². The molecule has 0 aromatic heterocycles. The van der Waals surface area contributed by atoms with Crippen LogP contribution in [-0.2, 0) is 16.0 Å². The normalized spacial score (nSPS) is 19.0. The fraction of sp³-hybridized carbons (Fsp3) is 0.440. The molecule has 1 aliphatic rings. The summed E-state index contributed by atoms with van der Waals surface area (Å²) in [7, 11) is 1.66. The van der Waals surface area contributed by atoms with Gasteiger partial charge in [-0.2, -0.15) is 0 Å². The first-order valence-electron chi connectivity index (χ1n) is 10.6. The number of amides is 1. The molecule has 1 heterocycles. The van der Waals surface area contributed by atoms with Gasteiger partial charge in [0.25, 0.3) is 0 Å². The predicted molar refractivity (Wildman–Crippen MR) is 120 cm³/mol. The summed E-state index contributed by atoms with van der Waals surface area (Å²) in [5.74, 6) is 1.50. The molecule has 1 aliphatic heterocycles. The number of methoxy groups -OCH3 is 1. The van der Waals surface area contributed by atoms with Crippen molar-refractivity contribution in [2.24, 2.45) is 11.8 Å². The van der Waals surface area contributed by atoms with Crippen LogP contribution in [0.15, 0.2) is 48.5 Å². The van der Waals surface area contributed by atoms with Crippen molar-refractivity contribution < 1.29 is 14.3 Å². The van der Waals surface area contributed by atoms with Crippen molar-refractivity contribution >= 4 is 23.3 Å². The number of rotatable bonds is 7. The van der Waals surface area contributed by atoms with Crippen molar-refractivity contribution in [1.82, 2.24) is 4.90 Å². The van der Waals surface area contributed by atoms with E-state index in [9.17, 15) is 9.59 Å². The molecule has 0 N–H and O–H groups in total. The monoisotopic (exact) mass is 427 g/mol. The highest BCUT2D eigenvalue weighted by Crippen LogP contribution is 2.36. The van der Waals surface area contributed by atoms with Crippen LogP contribution in [0.25, 0.3) is 0 Å². The van der Waals surface area contributed by atoms with E-state index in [2.05, 4.69) is 12.1 Å². The van der Waals surface area contributed by atoms with Crippen molar-refractivity contribution in [2.45, 2.75) is 39.0 Å². The van der Waals surface area contributed by atoms with Crippen LogP contribution < -0.4 is 4.74 Å². The third-order valence-corrected chi connectivity index (χ3v) is 6.14. The zero-order valence-electron chi connectivity index (χ0n) is 17.9. The van der Waals surface area contributed by atoms with Crippen molar-refractivity contribution in [3.63, 3.8) is 0 Å². The van der Waals surface area contributed by atoms with E-state index in [1.165, 1.54) is 5.56 Å². The predicted octanol–water partition coefficient (Wildman–Crippen LogP) is 5.14. The standard InChI is InChI=1S/C25H30ClNO3/c1-17(2)25(29)27-13-12-24(19-6-10-23(30-3)11-7-19)20(16-27)15-22(28)14-18-4-8-21(26)9-5-18/h4-11,17,20,24H,12-16H2,1-3H3/t20-,24?/m1/s1. The second-order valence-electron chi connectivity index (χ2n) is 8.41. The van der Waals surface area contributed by atoms with Crippen molar-refractivity contribution in [2.75, 3.05) is 20.2 Å². The molecule has 0 aliphatic carbocycles. The second-order valence-corrected chi connectivity index (χ2v) is 8.85. The lowest BCUT2D eigenvalue weighted by Gasteiger charge is -2.39. The quantitative estimate of drug-likeness (QED) is 0.614. The van der Waals surface area contributed by atoms with Crippen molar-refractivity contribution in [3.05, 3.63) is 64.7 Å². The second kappa shape index (κ2) is 10.1. The number of nitrogens with zero attached hydrogens (tertiary/aromatic N) is 1. The van der Waals surface area contributed by atoms with Gasteiger partial charge in [0.05, 0.1) is 7.11 Å². The van der Waals surface area contributed by atoms with Crippen LogP contribution in [-0.4, -0.2) is 36.8 Å². The Kier molecular flexibility index (Phi) is 7.54. The Labute approximate surface area is 184 Å². The molecule has 3 rings (SSSR count). The number of benzene rings is 2. The summed E-state index contributed by atoms with van der Waals surface area (Å²) in [6.45, 7) is 5.22. The van der Waals surface area contributed by atoms with Gasteiger partial charge in [0.1, 0.15) is 11.5 Å². The first-order valence-corrected chi connectivity index (χ1v) is 10.9. The Morgan fingerprint density at radius 3 is 2.37 bits per heavy atom. The third kappa shape index (κ3) is 5.63.